The van der Waals surface area contributed by atoms with Gasteiger partial charge in [-0.05, 0) is 24.3 Å². The third-order valence-corrected chi connectivity index (χ3v) is 4.77. The van der Waals surface area contributed by atoms with Crippen molar-refractivity contribution in [2.75, 3.05) is 25.0 Å². The van der Waals surface area contributed by atoms with Crippen LogP contribution in [-0.4, -0.2) is 40.6 Å². The molecule has 0 radical (unpaired) electrons. The number of rotatable bonds is 5. The molecule has 2 aromatic carbocycles. The maximum Gasteiger partial charge on any atom is 0.416 e. The second-order valence-electron chi connectivity index (χ2n) is 7.10. The van der Waals surface area contributed by atoms with Gasteiger partial charge in [0.2, 0.25) is 17.6 Å². The van der Waals surface area contributed by atoms with Gasteiger partial charge < -0.3 is 9.84 Å². The summed E-state index contributed by atoms with van der Waals surface area (Å²) in [5.41, 5.74) is -0.748. The number of carbonyl (C=O) groups is 1. The van der Waals surface area contributed by atoms with Crippen molar-refractivity contribution in [1.29, 1.82) is 0 Å². The number of hydrogen-bond acceptors (Lipinski definition) is 5. The highest BCUT2D eigenvalue weighted by Crippen LogP contribution is 2.32. The summed E-state index contributed by atoms with van der Waals surface area (Å²) in [6.07, 6.45) is -4.48. The number of aromatic nitrogens is 2. The Morgan fingerprint density at radius 3 is 2.65 bits per heavy atom. The van der Waals surface area contributed by atoms with Crippen molar-refractivity contribution in [3.05, 3.63) is 65.6 Å². The largest absolute Gasteiger partial charge is 0.416 e. The molecule has 1 aliphatic heterocycles. The quantitative estimate of drug-likeness (QED) is 0.608. The topological polar surface area (TPSA) is 71.3 Å². The standard InChI is InChI=1S/C20H15F5N4O2/c21-14-4-5-16(15(22)7-14)26-17(30)10-29-8-12(9-29)19-27-18(28-31-19)11-2-1-3-13(6-11)20(23,24)25/h1-7,12H,8-10H2,(H,26,30). The van der Waals surface area contributed by atoms with E-state index in [-0.39, 0.29) is 35.4 Å². The van der Waals surface area contributed by atoms with Crippen molar-refractivity contribution in [2.24, 2.45) is 0 Å². The highest BCUT2D eigenvalue weighted by atomic mass is 19.4. The van der Waals surface area contributed by atoms with Crippen molar-refractivity contribution in [3.8, 4) is 11.4 Å². The molecule has 3 aromatic rings. The average molecular weight is 438 g/mol. The van der Waals surface area contributed by atoms with Crippen LogP contribution in [0.1, 0.15) is 17.4 Å². The van der Waals surface area contributed by atoms with E-state index in [0.717, 1.165) is 24.3 Å². The summed E-state index contributed by atoms with van der Waals surface area (Å²) in [6, 6.07) is 7.47. The lowest BCUT2D eigenvalue weighted by Gasteiger charge is -2.36. The number of alkyl halides is 3. The Balaban J connectivity index is 1.33. The molecule has 1 amide bonds. The van der Waals surface area contributed by atoms with Crippen molar-refractivity contribution in [1.82, 2.24) is 15.0 Å². The Bertz CT molecular complexity index is 1110. The summed E-state index contributed by atoms with van der Waals surface area (Å²) < 4.78 is 70.3. The van der Waals surface area contributed by atoms with Crippen LogP contribution < -0.4 is 5.32 Å². The van der Waals surface area contributed by atoms with Crippen LogP contribution >= 0.6 is 0 Å². The Labute approximate surface area is 172 Å². The van der Waals surface area contributed by atoms with Gasteiger partial charge in [0.05, 0.1) is 23.7 Å². The number of hydrogen-bond donors (Lipinski definition) is 1. The average Bonchev–Trinajstić information content (AvgIpc) is 3.16. The van der Waals surface area contributed by atoms with E-state index in [4.69, 9.17) is 4.52 Å². The summed E-state index contributed by atoms with van der Waals surface area (Å²) in [5, 5.41) is 6.12. The van der Waals surface area contributed by atoms with Crippen LogP contribution in [0.25, 0.3) is 11.4 Å². The van der Waals surface area contributed by atoms with E-state index in [1.807, 2.05) is 0 Å². The fourth-order valence-electron chi connectivity index (χ4n) is 3.19. The van der Waals surface area contributed by atoms with E-state index in [2.05, 4.69) is 15.5 Å². The van der Waals surface area contributed by atoms with Crippen LogP contribution in [0, 0.1) is 11.6 Å². The normalized spacial score (nSPS) is 15.0. The predicted molar refractivity (Wildman–Crippen MR) is 98.9 cm³/mol. The molecule has 0 saturated carbocycles. The Kier molecular flexibility index (Phi) is 5.44. The van der Waals surface area contributed by atoms with Crippen LogP contribution in [0.3, 0.4) is 0 Å². The summed E-state index contributed by atoms with van der Waals surface area (Å²) in [4.78, 5) is 18.0. The third kappa shape index (κ3) is 4.71. The maximum atomic E-state index is 13.6. The highest BCUT2D eigenvalue weighted by Gasteiger charge is 2.34. The first kappa shape index (κ1) is 20.9. The minimum Gasteiger partial charge on any atom is -0.339 e. The molecule has 6 nitrogen and oxygen atoms in total. The number of nitrogens with one attached hydrogen (secondary N) is 1. The molecular formula is C20H15F5N4O2. The van der Waals surface area contributed by atoms with E-state index >= 15 is 0 Å². The lowest BCUT2D eigenvalue weighted by molar-refractivity contribution is -0.137. The van der Waals surface area contributed by atoms with Crippen molar-refractivity contribution >= 4 is 11.6 Å². The molecule has 0 unspecified atom stereocenters. The fraction of sp³-hybridized carbons (Fsp3) is 0.250. The van der Waals surface area contributed by atoms with E-state index in [1.54, 1.807) is 4.90 Å². The molecule has 0 atom stereocenters. The van der Waals surface area contributed by atoms with Gasteiger partial charge in [0.15, 0.2) is 0 Å². The molecule has 2 heterocycles. The number of amides is 1. The fourth-order valence-corrected chi connectivity index (χ4v) is 3.19. The number of carbonyl (C=O) groups excluding carboxylic acids is 1. The van der Waals surface area contributed by atoms with Gasteiger partial charge in [-0.2, -0.15) is 18.2 Å². The summed E-state index contributed by atoms with van der Waals surface area (Å²) in [7, 11) is 0. The van der Waals surface area contributed by atoms with Gasteiger partial charge in [0, 0.05) is 24.7 Å². The molecule has 1 saturated heterocycles. The molecule has 31 heavy (non-hydrogen) atoms. The van der Waals surface area contributed by atoms with E-state index in [1.165, 1.54) is 12.1 Å². The number of nitrogens with zero attached hydrogens (tertiary/aromatic N) is 3. The second-order valence-corrected chi connectivity index (χ2v) is 7.10. The molecule has 0 bridgehead atoms. The molecule has 11 heteroatoms. The molecule has 0 aliphatic carbocycles. The second kappa shape index (κ2) is 8.06. The van der Waals surface area contributed by atoms with Crippen LogP contribution in [0.5, 0.6) is 0 Å². The van der Waals surface area contributed by atoms with Crippen LogP contribution in [0.15, 0.2) is 47.0 Å². The summed E-state index contributed by atoms with van der Waals surface area (Å²) >= 11 is 0. The van der Waals surface area contributed by atoms with Gasteiger partial charge >= 0.3 is 6.18 Å². The summed E-state index contributed by atoms with van der Waals surface area (Å²) in [6.45, 7) is 0.787. The lowest BCUT2D eigenvalue weighted by atomic mass is 10.0. The zero-order chi connectivity index (χ0) is 22.2. The summed E-state index contributed by atoms with van der Waals surface area (Å²) in [5.74, 6) is -1.97. The van der Waals surface area contributed by atoms with E-state index in [0.29, 0.717) is 19.2 Å². The Hall–Kier alpha value is -3.34. The van der Waals surface area contributed by atoms with E-state index in [9.17, 15) is 26.7 Å². The van der Waals surface area contributed by atoms with Gasteiger partial charge in [0.25, 0.3) is 0 Å². The van der Waals surface area contributed by atoms with Crippen LogP contribution in [0.4, 0.5) is 27.6 Å². The van der Waals surface area contributed by atoms with Gasteiger partial charge in [-0.1, -0.05) is 17.3 Å². The van der Waals surface area contributed by atoms with Crippen molar-refractivity contribution < 1.29 is 31.3 Å². The molecule has 0 spiro atoms. The Morgan fingerprint density at radius 2 is 1.94 bits per heavy atom. The lowest BCUT2D eigenvalue weighted by Crippen LogP contribution is -2.48. The number of likely N-dealkylation sites (tertiary alicyclic amines) is 1. The first-order valence-corrected chi connectivity index (χ1v) is 9.17. The van der Waals surface area contributed by atoms with Crippen molar-refractivity contribution in [3.63, 3.8) is 0 Å². The minimum absolute atomic E-state index is 0.0259. The molecule has 1 aromatic heterocycles. The zero-order valence-corrected chi connectivity index (χ0v) is 15.8. The van der Waals surface area contributed by atoms with Crippen molar-refractivity contribution in [2.45, 2.75) is 12.1 Å². The number of anilines is 1. The SMILES string of the molecule is O=C(CN1CC(c2nc(-c3cccc(C(F)(F)F)c3)no2)C1)Nc1ccc(F)cc1F. The number of halogens is 5. The minimum atomic E-state index is -4.48. The third-order valence-electron chi connectivity index (χ3n) is 4.77. The van der Waals surface area contributed by atoms with E-state index < -0.39 is 29.3 Å². The number of benzene rings is 2. The zero-order valence-electron chi connectivity index (χ0n) is 15.8. The molecule has 4 rings (SSSR count). The molecule has 1 aliphatic rings. The van der Waals surface area contributed by atoms with Crippen LogP contribution in [0.2, 0.25) is 0 Å². The maximum absolute atomic E-state index is 13.6. The smallest absolute Gasteiger partial charge is 0.339 e. The van der Waals surface area contributed by atoms with Gasteiger partial charge in [-0.15, -0.1) is 0 Å². The Morgan fingerprint density at radius 1 is 1.16 bits per heavy atom. The molecule has 1 N–H and O–H groups in total. The first-order valence-electron chi connectivity index (χ1n) is 9.17. The monoisotopic (exact) mass is 438 g/mol. The highest BCUT2D eigenvalue weighted by molar-refractivity contribution is 5.92. The van der Waals surface area contributed by atoms with Gasteiger partial charge in [-0.25, -0.2) is 8.78 Å². The molecular weight excluding hydrogens is 423 g/mol. The molecule has 162 valence electrons. The molecule has 1 fully saturated rings. The first-order chi connectivity index (χ1) is 14.7. The predicted octanol–water partition coefficient (Wildman–Crippen LogP) is 4.07. The van der Waals surface area contributed by atoms with Gasteiger partial charge in [0.1, 0.15) is 11.6 Å². The van der Waals surface area contributed by atoms with Gasteiger partial charge in [-0.3, -0.25) is 9.69 Å². The van der Waals surface area contributed by atoms with Crippen LogP contribution in [-0.2, 0) is 11.0 Å².